The molecule has 1 aromatic carbocycles. The van der Waals surface area contributed by atoms with Crippen molar-refractivity contribution in [2.45, 2.75) is 58.3 Å². The Kier molecular flexibility index (Phi) is 8.09. The Morgan fingerprint density at radius 2 is 1.80 bits per heavy atom. The highest BCUT2D eigenvalue weighted by molar-refractivity contribution is 9.10. The molecule has 0 spiro atoms. The van der Waals surface area contributed by atoms with E-state index in [0.29, 0.717) is 24.6 Å². The molecule has 3 heterocycles. The number of halogens is 1. The largest absolute Gasteiger partial charge is 0.347 e. The molecule has 0 saturated carbocycles. The van der Waals surface area contributed by atoms with Gasteiger partial charge in [0.05, 0.1) is 16.8 Å². The van der Waals surface area contributed by atoms with Crippen LogP contribution in [0.25, 0.3) is 17.2 Å². The fraction of sp³-hybridized carbons (Fsp3) is 0.458. The third-order valence-corrected chi connectivity index (χ3v) is 6.65. The number of H-pyrrole nitrogens is 1. The number of nitrogens with one attached hydrogen (secondary N) is 1. The Hall–Kier alpha value is -2.89. The van der Waals surface area contributed by atoms with Gasteiger partial charge in [0.2, 0.25) is 11.6 Å². The molecule has 4 rings (SSSR count). The van der Waals surface area contributed by atoms with Gasteiger partial charge in [0.25, 0.3) is 0 Å². The van der Waals surface area contributed by atoms with Gasteiger partial charge in [-0.3, -0.25) is 0 Å². The molecule has 0 radical (unpaired) electrons. The van der Waals surface area contributed by atoms with Crippen molar-refractivity contribution in [3.05, 3.63) is 58.2 Å². The molecule has 0 fully saturated rings. The maximum Gasteiger partial charge on any atom is 0.231 e. The molecular weight excluding hydrogens is 512 g/mol. The second kappa shape index (κ2) is 11.2. The van der Waals surface area contributed by atoms with Crippen molar-refractivity contribution in [3.8, 4) is 17.2 Å². The molecule has 3 aromatic heterocycles. The van der Waals surface area contributed by atoms with Crippen LogP contribution in [0.1, 0.15) is 56.7 Å². The molecule has 0 aliphatic rings. The summed E-state index contributed by atoms with van der Waals surface area (Å²) >= 11 is 3.63. The van der Waals surface area contributed by atoms with E-state index in [0.717, 1.165) is 53.1 Å². The van der Waals surface area contributed by atoms with Gasteiger partial charge in [-0.15, -0.1) is 10.2 Å². The summed E-state index contributed by atoms with van der Waals surface area (Å²) in [5.74, 6) is 1.18. The number of tetrazole rings is 1. The normalized spacial score (nSPS) is 11.9. The minimum Gasteiger partial charge on any atom is -0.347 e. The van der Waals surface area contributed by atoms with E-state index >= 15 is 0 Å². The summed E-state index contributed by atoms with van der Waals surface area (Å²) in [7, 11) is 3.29. The molecule has 0 bridgehead atoms. The topological polar surface area (TPSA) is 109 Å². The lowest BCUT2D eigenvalue weighted by atomic mass is 10.1. The van der Waals surface area contributed by atoms with Gasteiger partial charge >= 0.3 is 0 Å². The lowest BCUT2D eigenvalue weighted by molar-refractivity contribution is -0.225. The average Bonchev–Trinajstić information content (AvgIpc) is 3.62. The van der Waals surface area contributed by atoms with Crippen molar-refractivity contribution >= 4 is 15.9 Å². The summed E-state index contributed by atoms with van der Waals surface area (Å²) in [5, 5.41) is 19.1. The van der Waals surface area contributed by atoms with Crippen LogP contribution in [0, 0.1) is 0 Å². The van der Waals surface area contributed by atoms with Gasteiger partial charge in [0.15, 0.2) is 5.82 Å². The maximum atomic E-state index is 5.76. The van der Waals surface area contributed by atoms with Gasteiger partial charge in [0.1, 0.15) is 5.82 Å². The second-order valence-electron chi connectivity index (χ2n) is 8.32. The number of ether oxygens (including phenoxy) is 2. The summed E-state index contributed by atoms with van der Waals surface area (Å²) in [6.45, 7) is 4.87. The number of unbranched alkanes of at least 4 members (excludes halogenated alkanes) is 1. The molecule has 0 aliphatic heterocycles. The number of hydrogen-bond acceptors (Lipinski definition) is 7. The van der Waals surface area contributed by atoms with E-state index in [9.17, 15) is 0 Å². The van der Waals surface area contributed by atoms with E-state index in [1.54, 1.807) is 14.2 Å². The number of methoxy groups -OCH3 is 2. The van der Waals surface area contributed by atoms with Crippen LogP contribution >= 0.6 is 15.9 Å². The molecule has 10 nitrogen and oxygen atoms in total. The molecule has 186 valence electrons. The van der Waals surface area contributed by atoms with Crippen LogP contribution in [-0.2, 0) is 28.2 Å². The fourth-order valence-corrected chi connectivity index (χ4v) is 4.67. The SMILES string of the molecule is CCCCc1nc(C(CCC)(OC)OC)nn1Cc1ccc(-n2c(Br)ccc2-c2nnn[nH]2)cc1. The highest BCUT2D eigenvalue weighted by atomic mass is 79.9. The third kappa shape index (κ3) is 5.21. The first-order valence-corrected chi connectivity index (χ1v) is 12.6. The van der Waals surface area contributed by atoms with Crippen LogP contribution in [0.5, 0.6) is 0 Å². The average molecular weight is 543 g/mol. The number of aromatic nitrogens is 8. The Labute approximate surface area is 213 Å². The molecule has 0 amide bonds. The number of hydrogen-bond donors (Lipinski definition) is 1. The van der Waals surface area contributed by atoms with Crippen LogP contribution in [-0.4, -0.2) is 54.2 Å². The smallest absolute Gasteiger partial charge is 0.231 e. The van der Waals surface area contributed by atoms with Crippen molar-refractivity contribution < 1.29 is 9.47 Å². The number of nitrogens with zero attached hydrogens (tertiary/aromatic N) is 7. The van der Waals surface area contributed by atoms with Crippen LogP contribution in [0.15, 0.2) is 41.0 Å². The van der Waals surface area contributed by atoms with Gasteiger partial charge in [-0.05, 0) is 62.6 Å². The lowest BCUT2D eigenvalue weighted by Gasteiger charge is -2.27. The van der Waals surface area contributed by atoms with E-state index in [-0.39, 0.29) is 0 Å². The summed E-state index contributed by atoms with van der Waals surface area (Å²) in [6.07, 6.45) is 4.55. The number of aromatic amines is 1. The Morgan fingerprint density at radius 1 is 1.03 bits per heavy atom. The molecule has 1 N–H and O–H groups in total. The van der Waals surface area contributed by atoms with Gasteiger partial charge < -0.3 is 14.0 Å². The van der Waals surface area contributed by atoms with E-state index in [1.165, 1.54) is 0 Å². The Bertz CT molecular complexity index is 1210. The van der Waals surface area contributed by atoms with Gasteiger partial charge in [-0.1, -0.05) is 38.8 Å². The third-order valence-electron chi connectivity index (χ3n) is 6.03. The van der Waals surface area contributed by atoms with Crippen molar-refractivity contribution in [2.75, 3.05) is 14.2 Å². The first kappa shape index (κ1) is 25.2. The van der Waals surface area contributed by atoms with Crippen molar-refractivity contribution in [2.24, 2.45) is 0 Å². The molecule has 0 unspecified atom stereocenters. The number of rotatable bonds is 12. The van der Waals surface area contributed by atoms with Crippen molar-refractivity contribution in [3.63, 3.8) is 0 Å². The fourth-order valence-electron chi connectivity index (χ4n) is 4.14. The summed E-state index contributed by atoms with van der Waals surface area (Å²) in [6, 6.07) is 12.3. The van der Waals surface area contributed by atoms with Crippen LogP contribution in [0.3, 0.4) is 0 Å². The number of benzene rings is 1. The van der Waals surface area contributed by atoms with Gasteiger partial charge in [-0.2, -0.15) is 0 Å². The minimum absolute atomic E-state index is 0.577. The summed E-state index contributed by atoms with van der Waals surface area (Å²) in [5.41, 5.74) is 2.97. The first-order valence-electron chi connectivity index (χ1n) is 11.8. The Balaban J connectivity index is 1.62. The molecule has 0 atom stereocenters. The van der Waals surface area contributed by atoms with Gasteiger partial charge in [-0.25, -0.2) is 14.8 Å². The van der Waals surface area contributed by atoms with Gasteiger partial charge in [0, 0.05) is 32.7 Å². The molecule has 35 heavy (non-hydrogen) atoms. The molecule has 4 aromatic rings. The summed E-state index contributed by atoms with van der Waals surface area (Å²) in [4.78, 5) is 4.86. The van der Waals surface area contributed by atoms with E-state index in [1.807, 2.05) is 21.4 Å². The standard InChI is InChI=1S/C24H31BrN8O2/c1-5-7-8-21-26-23(24(34-3,35-4)15-6-2)29-32(21)16-17-9-11-18(12-10-17)33-19(13-14-20(33)25)22-27-30-31-28-22/h9-14H,5-8,15-16H2,1-4H3,(H,27,28,30,31). The second-order valence-corrected chi connectivity index (χ2v) is 9.13. The van der Waals surface area contributed by atoms with E-state index in [2.05, 4.69) is 74.7 Å². The highest BCUT2D eigenvalue weighted by Crippen LogP contribution is 2.30. The van der Waals surface area contributed by atoms with Crippen molar-refractivity contribution in [1.29, 1.82) is 0 Å². The predicted octanol–water partition coefficient (Wildman–Crippen LogP) is 4.65. The van der Waals surface area contributed by atoms with Crippen LogP contribution < -0.4 is 0 Å². The number of aryl methyl sites for hydroxylation is 1. The first-order chi connectivity index (χ1) is 17.0. The maximum absolute atomic E-state index is 5.76. The van der Waals surface area contributed by atoms with Crippen LogP contribution in [0.2, 0.25) is 0 Å². The molecule has 0 saturated heterocycles. The predicted molar refractivity (Wildman–Crippen MR) is 135 cm³/mol. The zero-order valence-electron chi connectivity index (χ0n) is 20.5. The minimum atomic E-state index is -0.933. The quantitative estimate of drug-likeness (QED) is 0.259. The zero-order chi connectivity index (χ0) is 24.8. The zero-order valence-corrected chi connectivity index (χ0v) is 22.1. The molecule has 11 heteroatoms. The molecule has 0 aliphatic carbocycles. The van der Waals surface area contributed by atoms with E-state index in [4.69, 9.17) is 19.6 Å². The van der Waals surface area contributed by atoms with E-state index < -0.39 is 5.79 Å². The lowest BCUT2D eigenvalue weighted by Crippen LogP contribution is -2.32. The van der Waals surface area contributed by atoms with Crippen molar-refractivity contribution in [1.82, 2.24) is 40.0 Å². The highest BCUT2D eigenvalue weighted by Gasteiger charge is 2.36. The summed E-state index contributed by atoms with van der Waals surface area (Å²) < 4.78 is 16.4. The van der Waals surface area contributed by atoms with Crippen LogP contribution in [0.4, 0.5) is 0 Å². The molecular formula is C24H31BrN8O2. The monoisotopic (exact) mass is 542 g/mol. The Morgan fingerprint density at radius 3 is 2.43 bits per heavy atom.